The molecule has 28 heavy (non-hydrogen) atoms. The smallest absolute Gasteiger partial charge is 0.00923 e. The Hall–Kier alpha value is -3.64. The number of rotatable bonds is 1. The number of benzene rings is 6. The topological polar surface area (TPSA) is 0 Å². The quantitative estimate of drug-likeness (QED) is 0.207. The number of hydrogen-bond acceptors (Lipinski definition) is 0. The van der Waals surface area contributed by atoms with Gasteiger partial charge >= 0.3 is 0 Å². The van der Waals surface area contributed by atoms with Crippen LogP contribution in [0, 0.1) is 0 Å². The van der Waals surface area contributed by atoms with Gasteiger partial charge in [0, 0.05) is 0 Å². The lowest BCUT2D eigenvalue weighted by molar-refractivity contribution is 1.66. The van der Waals surface area contributed by atoms with Crippen LogP contribution in [0.2, 0.25) is 0 Å². The summed E-state index contributed by atoms with van der Waals surface area (Å²) >= 11 is 0. The molecule has 0 aliphatic carbocycles. The highest BCUT2D eigenvalue weighted by atomic mass is 14.1. The minimum absolute atomic E-state index is 1.26. The Balaban J connectivity index is 1.84. The van der Waals surface area contributed by atoms with E-state index in [9.17, 15) is 0 Å². The fourth-order valence-corrected chi connectivity index (χ4v) is 4.55. The van der Waals surface area contributed by atoms with E-state index in [1.165, 1.54) is 54.2 Å². The Morgan fingerprint density at radius 1 is 0.321 bits per heavy atom. The molecule has 0 aliphatic heterocycles. The van der Waals surface area contributed by atoms with Crippen molar-refractivity contribution in [2.45, 2.75) is 0 Å². The van der Waals surface area contributed by atoms with Gasteiger partial charge in [-0.15, -0.1) is 0 Å². The van der Waals surface area contributed by atoms with Crippen molar-refractivity contribution < 1.29 is 0 Å². The predicted octanol–water partition coefficient (Wildman–Crippen LogP) is 7.97. The Labute approximate surface area is 163 Å². The molecule has 0 heterocycles. The van der Waals surface area contributed by atoms with Gasteiger partial charge in [-0.1, -0.05) is 97.1 Å². The van der Waals surface area contributed by atoms with Crippen LogP contribution in [-0.2, 0) is 0 Å². The SMILES string of the molecule is c1ccc(-c2cccc3cc4c5ccccc5c5ccccc5c4cc23)cc1. The monoisotopic (exact) mass is 354 g/mol. The second-order valence-electron chi connectivity index (χ2n) is 7.38. The largest absolute Gasteiger partial charge is 0.0622 e. The second kappa shape index (κ2) is 5.94. The maximum Gasteiger partial charge on any atom is -0.00923 e. The molecule has 0 bridgehead atoms. The van der Waals surface area contributed by atoms with Crippen molar-refractivity contribution in [3.8, 4) is 11.1 Å². The minimum atomic E-state index is 1.26. The summed E-state index contributed by atoms with van der Waals surface area (Å²) in [6.45, 7) is 0. The molecule has 0 spiro atoms. The molecule has 0 aliphatic rings. The fraction of sp³-hybridized carbons (Fsp3) is 0. The first-order valence-electron chi connectivity index (χ1n) is 9.71. The molecule has 6 aromatic carbocycles. The van der Waals surface area contributed by atoms with Crippen LogP contribution in [0.15, 0.2) is 109 Å². The number of hydrogen-bond donors (Lipinski definition) is 0. The summed E-state index contributed by atoms with van der Waals surface area (Å²) in [4.78, 5) is 0. The zero-order valence-electron chi connectivity index (χ0n) is 15.4. The summed E-state index contributed by atoms with van der Waals surface area (Å²) < 4.78 is 0. The van der Waals surface area contributed by atoms with Crippen molar-refractivity contribution >= 4 is 43.1 Å². The maximum atomic E-state index is 2.39. The molecule has 0 unspecified atom stereocenters. The lowest BCUT2D eigenvalue weighted by Crippen LogP contribution is -1.86. The third kappa shape index (κ3) is 2.18. The minimum Gasteiger partial charge on any atom is -0.0622 e. The van der Waals surface area contributed by atoms with E-state index >= 15 is 0 Å². The van der Waals surface area contributed by atoms with Gasteiger partial charge in [-0.25, -0.2) is 0 Å². The lowest BCUT2D eigenvalue weighted by Gasteiger charge is -2.13. The molecule has 0 saturated carbocycles. The molecule has 6 aromatic rings. The first-order chi connectivity index (χ1) is 13.9. The van der Waals surface area contributed by atoms with Crippen LogP contribution in [0.1, 0.15) is 0 Å². The van der Waals surface area contributed by atoms with E-state index in [0.29, 0.717) is 0 Å². The highest BCUT2D eigenvalue weighted by Crippen LogP contribution is 2.39. The number of fused-ring (bicyclic) bond motifs is 7. The average Bonchev–Trinajstić information content (AvgIpc) is 2.78. The van der Waals surface area contributed by atoms with E-state index in [4.69, 9.17) is 0 Å². The van der Waals surface area contributed by atoms with E-state index in [2.05, 4.69) is 109 Å². The van der Waals surface area contributed by atoms with Crippen LogP contribution in [0.5, 0.6) is 0 Å². The Bertz CT molecular complexity index is 1490. The van der Waals surface area contributed by atoms with E-state index in [-0.39, 0.29) is 0 Å². The summed E-state index contributed by atoms with van der Waals surface area (Å²) in [6, 6.07) is 39.6. The summed E-state index contributed by atoms with van der Waals surface area (Å²) in [5, 5.41) is 10.5. The van der Waals surface area contributed by atoms with Gasteiger partial charge in [-0.2, -0.15) is 0 Å². The van der Waals surface area contributed by atoms with Crippen LogP contribution >= 0.6 is 0 Å². The van der Waals surface area contributed by atoms with Gasteiger partial charge in [-0.3, -0.25) is 0 Å². The summed E-state index contributed by atoms with van der Waals surface area (Å²) in [6.07, 6.45) is 0. The molecule has 0 nitrogen and oxygen atoms in total. The molecule has 0 saturated heterocycles. The summed E-state index contributed by atoms with van der Waals surface area (Å²) in [7, 11) is 0. The van der Waals surface area contributed by atoms with Crippen molar-refractivity contribution in [2.75, 3.05) is 0 Å². The van der Waals surface area contributed by atoms with E-state index in [0.717, 1.165) is 0 Å². The first-order valence-corrected chi connectivity index (χ1v) is 9.71. The van der Waals surface area contributed by atoms with Gasteiger partial charge in [0.1, 0.15) is 0 Å². The molecule has 6 rings (SSSR count). The van der Waals surface area contributed by atoms with Gasteiger partial charge in [-0.05, 0) is 66.3 Å². The molecular weight excluding hydrogens is 336 g/mol. The van der Waals surface area contributed by atoms with Gasteiger partial charge in [0.05, 0.1) is 0 Å². The summed E-state index contributed by atoms with van der Waals surface area (Å²) in [5.41, 5.74) is 2.55. The molecular formula is C28H18. The van der Waals surface area contributed by atoms with E-state index in [1.807, 2.05) is 0 Å². The van der Waals surface area contributed by atoms with Crippen LogP contribution in [0.4, 0.5) is 0 Å². The maximum absolute atomic E-state index is 2.39. The van der Waals surface area contributed by atoms with Crippen molar-refractivity contribution in [3.63, 3.8) is 0 Å². The molecule has 0 fully saturated rings. The van der Waals surface area contributed by atoms with E-state index < -0.39 is 0 Å². The molecule has 130 valence electrons. The van der Waals surface area contributed by atoms with Crippen molar-refractivity contribution in [1.82, 2.24) is 0 Å². The lowest BCUT2D eigenvalue weighted by atomic mass is 9.90. The molecule has 0 amide bonds. The van der Waals surface area contributed by atoms with Crippen molar-refractivity contribution in [2.24, 2.45) is 0 Å². The van der Waals surface area contributed by atoms with Crippen molar-refractivity contribution in [3.05, 3.63) is 109 Å². The Morgan fingerprint density at radius 3 is 1.50 bits per heavy atom. The normalized spacial score (nSPS) is 11.6. The van der Waals surface area contributed by atoms with Gasteiger partial charge in [0.25, 0.3) is 0 Å². The van der Waals surface area contributed by atoms with Crippen LogP contribution in [-0.4, -0.2) is 0 Å². The standard InChI is InChI=1S/C28H18/c1-2-9-19(10-3-1)21-16-8-11-20-17-27-24-14-6-4-12-22(24)23-13-5-7-15-25(23)28(27)18-26(20)21/h1-18H. The van der Waals surface area contributed by atoms with E-state index in [1.54, 1.807) is 0 Å². The third-order valence-corrected chi connectivity index (χ3v) is 5.83. The molecule has 0 aromatic heterocycles. The summed E-state index contributed by atoms with van der Waals surface area (Å²) in [5.74, 6) is 0. The van der Waals surface area contributed by atoms with Gasteiger partial charge < -0.3 is 0 Å². The zero-order valence-corrected chi connectivity index (χ0v) is 15.4. The predicted molar refractivity (Wildman–Crippen MR) is 122 cm³/mol. The molecule has 0 atom stereocenters. The van der Waals surface area contributed by atoms with Gasteiger partial charge in [0.15, 0.2) is 0 Å². The Kier molecular flexibility index (Phi) is 3.27. The third-order valence-electron chi connectivity index (χ3n) is 5.83. The Morgan fingerprint density at radius 2 is 0.857 bits per heavy atom. The zero-order chi connectivity index (χ0) is 18.5. The van der Waals surface area contributed by atoms with Crippen LogP contribution in [0.25, 0.3) is 54.2 Å². The highest BCUT2D eigenvalue weighted by molar-refractivity contribution is 6.27. The first kappa shape index (κ1) is 15.4. The molecule has 0 heteroatoms. The van der Waals surface area contributed by atoms with Crippen LogP contribution in [0.3, 0.4) is 0 Å². The fourth-order valence-electron chi connectivity index (χ4n) is 4.55. The highest BCUT2D eigenvalue weighted by Gasteiger charge is 2.11. The van der Waals surface area contributed by atoms with Gasteiger partial charge in [0.2, 0.25) is 0 Å². The average molecular weight is 354 g/mol. The second-order valence-corrected chi connectivity index (χ2v) is 7.38. The molecule has 0 N–H and O–H groups in total. The van der Waals surface area contributed by atoms with Crippen LogP contribution < -0.4 is 0 Å². The van der Waals surface area contributed by atoms with Crippen molar-refractivity contribution in [1.29, 1.82) is 0 Å². The molecule has 0 radical (unpaired) electrons.